The number of amides is 1. The fourth-order valence-electron chi connectivity index (χ4n) is 2.49. The van der Waals surface area contributed by atoms with Crippen LogP contribution in [0.5, 0.6) is 5.75 Å². The van der Waals surface area contributed by atoms with Crippen LogP contribution in [0, 0.1) is 0 Å². The first-order valence-electron chi connectivity index (χ1n) is 7.56. The third kappa shape index (κ3) is 3.94. The minimum absolute atomic E-state index is 0.170. The molecule has 1 amide bonds. The Hall–Kier alpha value is -3.36. The van der Waals surface area contributed by atoms with Gasteiger partial charge in [-0.3, -0.25) is 9.59 Å². The molecule has 0 aliphatic rings. The van der Waals surface area contributed by atoms with Crippen molar-refractivity contribution in [1.82, 2.24) is 25.3 Å². The van der Waals surface area contributed by atoms with Crippen LogP contribution in [0.15, 0.2) is 30.6 Å². The SMILES string of the molecule is COc1ccc2[nH]cc(CC(=O)NCc3cn(CC(=O)O)nn3)c2c1. The van der Waals surface area contributed by atoms with E-state index in [0.717, 1.165) is 22.2 Å². The largest absolute Gasteiger partial charge is 0.497 e. The van der Waals surface area contributed by atoms with Gasteiger partial charge in [-0.1, -0.05) is 5.21 Å². The van der Waals surface area contributed by atoms with Gasteiger partial charge in [-0.05, 0) is 23.8 Å². The Morgan fingerprint density at radius 3 is 3.00 bits per heavy atom. The number of nitrogens with zero attached hydrogens (tertiary/aromatic N) is 3. The standard InChI is InChI=1S/C16H17N5O4/c1-25-12-2-3-14-13(5-12)10(6-17-14)4-15(22)18-7-11-8-21(20-19-11)9-16(23)24/h2-3,5-6,8,17H,4,7,9H2,1H3,(H,18,22)(H,23,24). The maximum Gasteiger partial charge on any atom is 0.325 e. The van der Waals surface area contributed by atoms with Crippen molar-refractivity contribution >= 4 is 22.8 Å². The van der Waals surface area contributed by atoms with E-state index in [1.54, 1.807) is 13.3 Å². The van der Waals surface area contributed by atoms with Crippen LogP contribution in [0.25, 0.3) is 10.9 Å². The quantitative estimate of drug-likeness (QED) is 0.581. The average Bonchev–Trinajstić information content (AvgIpc) is 3.19. The average molecular weight is 343 g/mol. The minimum atomic E-state index is -1.00. The highest BCUT2D eigenvalue weighted by Crippen LogP contribution is 2.23. The summed E-state index contributed by atoms with van der Waals surface area (Å²) in [5.74, 6) is -0.449. The maximum absolute atomic E-state index is 12.2. The third-order valence-corrected chi connectivity index (χ3v) is 3.68. The molecule has 0 aliphatic carbocycles. The molecule has 2 heterocycles. The number of carboxylic acid groups (broad SMARTS) is 1. The van der Waals surface area contributed by atoms with Gasteiger partial charge in [0.15, 0.2) is 0 Å². The summed E-state index contributed by atoms with van der Waals surface area (Å²) < 4.78 is 6.42. The molecular weight excluding hydrogens is 326 g/mol. The zero-order valence-corrected chi connectivity index (χ0v) is 13.5. The molecule has 1 aromatic carbocycles. The van der Waals surface area contributed by atoms with E-state index < -0.39 is 5.97 Å². The van der Waals surface area contributed by atoms with Crippen LogP contribution < -0.4 is 10.1 Å². The van der Waals surface area contributed by atoms with E-state index in [-0.39, 0.29) is 25.4 Å². The molecular formula is C16H17N5O4. The van der Waals surface area contributed by atoms with Gasteiger partial charge in [-0.15, -0.1) is 5.10 Å². The molecule has 0 fully saturated rings. The van der Waals surface area contributed by atoms with Crippen LogP contribution in [0.4, 0.5) is 0 Å². The Labute approximate surface area is 142 Å². The molecule has 0 saturated carbocycles. The fourth-order valence-corrected chi connectivity index (χ4v) is 2.49. The van der Waals surface area contributed by atoms with E-state index in [0.29, 0.717) is 5.69 Å². The number of aromatic nitrogens is 4. The van der Waals surface area contributed by atoms with E-state index in [9.17, 15) is 9.59 Å². The summed E-state index contributed by atoms with van der Waals surface area (Å²) in [6, 6.07) is 5.63. The number of hydrogen-bond donors (Lipinski definition) is 3. The highest BCUT2D eigenvalue weighted by Gasteiger charge is 2.11. The zero-order valence-electron chi connectivity index (χ0n) is 13.5. The van der Waals surface area contributed by atoms with Gasteiger partial charge in [0.25, 0.3) is 0 Å². The van der Waals surface area contributed by atoms with Crippen molar-refractivity contribution in [3.8, 4) is 5.75 Å². The Kier molecular flexibility index (Phi) is 4.64. The predicted molar refractivity (Wildman–Crippen MR) is 88.1 cm³/mol. The lowest BCUT2D eigenvalue weighted by molar-refractivity contribution is -0.138. The molecule has 3 N–H and O–H groups in total. The van der Waals surface area contributed by atoms with Gasteiger partial charge in [-0.25, -0.2) is 4.68 Å². The topological polar surface area (TPSA) is 122 Å². The van der Waals surface area contributed by atoms with Crippen molar-refractivity contribution in [3.63, 3.8) is 0 Å². The van der Waals surface area contributed by atoms with Gasteiger partial charge in [-0.2, -0.15) is 0 Å². The van der Waals surface area contributed by atoms with Gasteiger partial charge < -0.3 is 20.1 Å². The van der Waals surface area contributed by atoms with Crippen LogP contribution in [0.2, 0.25) is 0 Å². The molecule has 0 spiro atoms. The zero-order chi connectivity index (χ0) is 17.8. The molecule has 2 aromatic heterocycles. The molecule has 25 heavy (non-hydrogen) atoms. The first-order valence-corrected chi connectivity index (χ1v) is 7.56. The summed E-state index contributed by atoms with van der Waals surface area (Å²) in [6.45, 7) is -0.0811. The van der Waals surface area contributed by atoms with Crippen molar-refractivity contribution in [2.45, 2.75) is 19.5 Å². The molecule has 0 atom stereocenters. The number of carboxylic acids is 1. The fraction of sp³-hybridized carbons (Fsp3) is 0.250. The molecule has 0 saturated heterocycles. The number of fused-ring (bicyclic) bond motifs is 1. The number of nitrogens with one attached hydrogen (secondary N) is 2. The summed E-state index contributed by atoms with van der Waals surface area (Å²) >= 11 is 0. The highest BCUT2D eigenvalue weighted by molar-refractivity contribution is 5.89. The summed E-state index contributed by atoms with van der Waals surface area (Å²) in [6.07, 6.45) is 3.49. The minimum Gasteiger partial charge on any atom is -0.497 e. The van der Waals surface area contributed by atoms with Crippen molar-refractivity contribution in [3.05, 3.63) is 41.9 Å². The molecule has 3 rings (SSSR count). The van der Waals surface area contributed by atoms with Crippen LogP contribution in [0.1, 0.15) is 11.3 Å². The van der Waals surface area contributed by atoms with Crippen molar-refractivity contribution in [2.24, 2.45) is 0 Å². The van der Waals surface area contributed by atoms with Crippen molar-refractivity contribution < 1.29 is 19.4 Å². The van der Waals surface area contributed by atoms with Crippen LogP contribution in [0.3, 0.4) is 0 Å². The van der Waals surface area contributed by atoms with Gasteiger partial charge >= 0.3 is 5.97 Å². The van der Waals surface area contributed by atoms with E-state index in [4.69, 9.17) is 9.84 Å². The molecule has 0 bridgehead atoms. The lowest BCUT2D eigenvalue weighted by atomic mass is 10.1. The first kappa shape index (κ1) is 16.5. The number of aliphatic carboxylic acids is 1. The van der Waals surface area contributed by atoms with Gasteiger partial charge in [0, 0.05) is 17.1 Å². The smallest absolute Gasteiger partial charge is 0.325 e. The number of carbonyl (C=O) groups excluding carboxylic acids is 1. The summed E-state index contributed by atoms with van der Waals surface area (Å²) in [5.41, 5.74) is 2.29. The maximum atomic E-state index is 12.2. The molecule has 3 aromatic rings. The molecule has 0 unspecified atom stereocenters. The second kappa shape index (κ2) is 7.04. The van der Waals surface area contributed by atoms with Crippen LogP contribution in [-0.2, 0) is 29.1 Å². The molecule has 0 radical (unpaired) electrons. The number of aromatic amines is 1. The second-order valence-electron chi connectivity index (χ2n) is 5.48. The van der Waals surface area contributed by atoms with Crippen LogP contribution in [-0.4, -0.2) is 44.1 Å². The first-order chi connectivity index (χ1) is 12.0. The molecule has 9 nitrogen and oxygen atoms in total. The van der Waals surface area contributed by atoms with E-state index in [1.807, 2.05) is 18.2 Å². The molecule has 0 aliphatic heterocycles. The third-order valence-electron chi connectivity index (χ3n) is 3.68. The van der Waals surface area contributed by atoms with Gasteiger partial charge in [0.2, 0.25) is 5.91 Å². The summed E-state index contributed by atoms with van der Waals surface area (Å²) in [4.78, 5) is 25.9. The summed E-state index contributed by atoms with van der Waals surface area (Å²) in [5, 5.41) is 19.9. The number of ether oxygens (including phenoxy) is 1. The number of hydrogen-bond acceptors (Lipinski definition) is 5. The summed E-state index contributed by atoms with van der Waals surface area (Å²) in [7, 11) is 1.59. The van der Waals surface area contributed by atoms with E-state index in [1.165, 1.54) is 10.9 Å². The Bertz CT molecular complexity index is 914. The number of carbonyl (C=O) groups is 2. The lowest BCUT2D eigenvalue weighted by Crippen LogP contribution is -2.24. The Morgan fingerprint density at radius 1 is 1.40 bits per heavy atom. The van der Waals surface area contributed by atoms with Gasteiger partial charge in [0.1, 0.15) is 18.0 Å². The van der Waals surface area contributed by atoms with Crippen LogP contribution >= 0.6 is 0 Å². The second-order valence-corrected chi connectivity index (χ2v) is 5.48. The normalized spacial score (nSPS) is 10.8. The predicted octanol–water partition coefficient (Wildman–Crippen LogP) is 0.711. The lowest BCUT2D eigenvalue weighted by Gasteiger charge is -2.03. The van der Waals surface area contributed by atoms with Crippen molar-refractivity contribution in [2.75, 3.05) is 7.11 Å². The number of methoxy groups -OCH3 is 1. The van der Waals surface area contributed by atoms with E-state index >= 15 is 0 Å². The Morgan fingerprint density at radius 2 is 2.24 bits per heavy atom. The van der Waals surface area contributed by atoms with E-state index in [2.05, 4.69) is 20.6 Å². The number of H-pyrrole nitrogens is 1. The number of benzene rings is 1. The van der Waals surface area contributed by atoms with Crippen molar-refractivity contribution in [1.29, 1.82) is 0 Å². The molecule has 9 heteroatoms. The highest BCUT2D eigenvalue weighted by atomic mass is 16.5. The number of rotatable bonds is 7. The van der Waals surface area contributed by atoms with Gasteiger partial charge in [0.05, 0.1) is 26.3 Å². The molecule has 130 valence electrons. The Balaban J connectivity index is 1.61. The monoisotopic (exact) mass is 343 g/mol.